The summed E-state index contributed by atoms with van der Waals surface area (Å²) in [7, 11) is -5.72. The van der Waals surface area contributed by atoms with Crippen LogP contribution in [-0.4, -0.2) is 42.3 Å². The first-order chi connectivity index (χ1) is 11.1. The van der Waals surface area contributed by atoms with Gasteiger partial charge in [-0.2, -0.15) is 13.1 Å². The molecule has 0 spiro atoms. The lowest BCUT2D eigenvalue weighted by Gasteiger charge is -2.29. The number of hydrogen-bond acceptors (Lipinski definition) is 5. The number of nitrogens with one attached hydrogen (secondary N) is 2. The maximum atomic E-state index is 12.3. The van der Waals surface area contributed by atoms with E-state index in [9.17, 15) is 16.8 Å². The Bertz CT molecular complexity index is 791. The Morgan fingerprint density at radius 3 is 2.54 bits per heavy atom. The first-order valence-corrected chi connectivity index (χ1v) is 10.7. The molecule has 8 nitrogen and oxygen atoms in total. The summed E-state index contributed by atoms with van der Waals surface area (Å²) in [5.41, 5.74) is 0.599. The zero-order valence-corrected chi connectivity index (χ0v) is 15.6. The van der Waals surface area contributed by atoms with Gasteiger partial charge in [0.05, 0.1) is 24.2 Å². The molecule has 10 heteroatoms. The normalized spacial score (nSPS) is 17.8. The fourth-order valence-electron chi connectivity index (χ4n) is 2.50. The summed E-state index contributed by atoms with van der Waals surface area (Å²) < 4.78 is 59.9. The second kappa shape index (κ2) is 7.16. The van der Waals surface area contributed by atoms with Gasteiger partial charge in [-0.25, -0.2) is 8.42 Å². The third-order valence-electron chi connectivity index (χ3n) is 3.44. The minimum atomic E-state index is -3.74. The highest BCUT2D eigenvalue weighted by Gasteiger charge is 2.28. The average molecular weight is 377 g/mol. The zero-order chi connectivity index (χ0) is 18.0. The number of methoxy groups -OCH3 is 1. The molecule has 0 bridgehead atoms. The van der Waals surface area contributed by atoms with Gasteiger partial charge in [0.1, 0.15) is 5.75 Å². The van der Waals surface area contributed by atoms with E-state index in [0.29, 0.717) is 24.4 Å². The van der Waals surface area contributed by atoms with Crippen molar-refractivity contribution in [2.24, 2.45) is 0 Å². The van der Waals surface area contributed by atoms with Crippen LogP contribution in [0.25, 0.3) is 0 Å². The van der Waals surface area contributed by atoms with Gasteiger partial charge in [-0.1, -0.05) is 0 Å². The second-order valence-electron chi connectivity index (χ2n) is 5.86. The van der Waals surface area contributed by atoms with Crippen LogP contribution in [-0.2, 0) is 20.2 Å². The first kappa shape index (κ1) is 18.8. The lowest BCUT2D eigenvalue weighted by molar-refractivity contribution is 0.415. The molecule has 0 aliphatic carbocycles. The lowest BCUT2D eigenvalue weighted by Crippen LogP contribution is -2.38. The van der Waals surface area contributed by atoms with E-state index < -0.39 is 20.2 Å². The van der Waals surface area contributed by atoms with Crippen LogP contribution in [0.5, 0.6) is 5.75 Å². The molecule has 136 valence electrons. The van der Waals surface area contributed by atoms with Gasteiger partial charge in [-0.05, 0) is 44.9 Å². The summed E-state index contributed by atoms with van der Waals surface area (Å²) in [6.45, 7) is 3.76. The van der Waals surface area contributed by atoms with Crippen LogP contribution in [0.3, 0.4) is 0 Å². The molecule has 0 amide bonds. The molecule has 0 saturated carbocycles. The monoisotopic (exact) mass is 377 g/mol. The molecule has 1 aromatic rings. The number of benzene rings is 1. The van der Waals surface area contributed by atoms with Crippen molar-refractivity contribution in [2.45, 2.75) is 32.7 Å². The van der Waals surface area contributed by atoms with Crippen LogP contribution in [0.2, 0.25) is 0 Å². The van der Waals surface area contributed by atoms with Crippen molar-refractivity contribution in [3.8, 4) is 5.75 Å². The van der Waals surface area contributed by atoms with Crippen molar-refractivity contribution in [2.75, 3.05) is 28.4 Å². The Kier molecular flexibility index (Phi) is 5.61. The van der Waals surface area contributed by atoms with Gasteiger partial charge in [-0.15, -0.1) is 0 Å². The van der Waals surface area contributed by atoms with E-state index in [1.807, 2.05) is 0 Å². The summed E-state index contributed by atoms with van der Waals surface area (Å²) in [5, 5.41) is 0. The molecule has 1 saturated heterocycles. The quantitative estimate of drug-likeness (QED) is 0.777. The molecule has 1 aromatic carbocycles. The van der Waals surface area contributed by atoms with Gasteiger partial charge in [-0.3, -0.25) is 9.03 Å². The van der Waals surface area contributed by atoms with Gasteiger partial charge < -0.3 is 4.74 Å². The van der Waals surface area contributed by atoms with E-state index in [4.69, 9.17) is 4.74 Å². The summed E-state index contributed by atoms with van der Waals surface area (Å²) in [5.74, 6) is 0.446. The predicted octanol–water partition coefficient (Wildman–Crippen LogP) is 1.28. The minimum absolute atomic E-state index is 0.0705. The molecule has 0 unspecified atom stereocenters. The number of hydrogen-bond donors (Lipinski definition) is 2. The van der Waals surface area contributed by atoms with Gasteiger partial charge in [0.2, 0.25) is 10.0 Å². The summed E-state index contributed by atoms with van der Waals surface area (Å²) in [4.78, 5) is 0. The highest BCUT2D eigenvalue weighted by atomic mass is 32.2. The maximum Gasteiger partial charge on any atom is 0.299 e. The minimum Gasteiger partial charge on any atom is -0.495 e. The van der Waals surface area contributed by atoms with Crippen LogP contribution in [0.4, 0.5) is 11.4 Å². The van der Waals surface area contributed by atoms with E-state index >= 15 is 0 Å². The number of anilines is 2. The number of nitrogens with zero attached hydrogens (tertiary/aromatic N) is 1. The third kappa shape index (κ3) is 4.52. The van der Waals surface area contributed by atoms with Crippen molar-refractivity contribution in [1.29, 1.82) is 0 Å². The van der Waals surface area contributed by atoms with Crippen LogP contribution in [0.1, 0.15) is 26.7 Å². The SMILES string of the molecule is COc1ccc(NS(=O)(=O)NC(C)C)cc1N1CCCCS1(=O)=O. The molecule has 2 N–H and O–H groups in total. The predicted molar refractivity (Wildman–Crippen MR) is 94.2 cm³/mol. The number of rotatable bonds is 6. The largest absolute Gasteiger partial charge is 0.495 e. The summed E-state index contributed by atoms with van der Waals surface area (Å²) in [6.07, 6.45) is 1.36. The molecule has 2 rings (SSSR count). The zero-order valence-electron chi connectivity index (χ0n) is 13.9. The number of sulfonamides is 1. The van der Waals surface area contributed by atoms with Crippen molar-refractivity contribution in [3.05, 3.63) is 18.2 Å². The lowest BCUT2D eigenvalue weighted by atomic mass is 10.2. The topological polar surface area (TPSA) is 105 Å². The van der Waals surface area contributed by atoms with Gasteiger partial charge in [0, 0.05) is 12.6 Å². The Labute approximate surface area is 143 Å². The van der Waals surface area contributed by atoms with Crippen LogP contribution < -0.4 is 18.5 Å². The highest BCUT2D eigenvalue weighted by Crippen LogP contribution is 2.35. The molecule has 1 fully saturated rings. The number of ether oxygens (including phenoxy) is 1. The Hall–Kier alpha value is -1.52. The molecule has 0 radical (unpaired) electrons. The molecule has 0 aromatic heterocycles. The van der Waals surface area contributed by atoms with E-state index in [2.05, 4.69) is 9.44 Å². The first-order valence-electron chi connectivity index (χ1n) is 7.63. The van der Waals surface area contributed by atoms with E-state index in [-0.39, 0.29) is 17.5 Å². The van der Waals surface area contributed by atoms with Gasteiger partial charge in [0.15, 0.2) is 0 Å². The summed E-state index contributed by atoms with van der Waals surface area (Å²) in [6, 6.07) is 4.29. The Balaban J connectivity index is 2.38. The molecular formula is C14H23N3O5S2. The van der Waals surface area contributed by atoms with Crippen LogP contribution in [0, 0.1) is 0 Å². The molecule has 0 atom stereocenters. The second-order valence-corrected chi connectivity index (χ2v) is 9.32. The van der Waals surface area contributed by atoms with Gasteiger partial charge >= 0.3 is 0 Å². The molecule has 1 aliphatic rings. The van der Waals surface area contributed by atoms with Crippen LogP contribution in [0.15, 0.2) is 18.2 Å². The van der Waals surface area contributed by atoms with E-state index in [0.717, 1.165) is 6.42 Å². The smallest absolute Gasteiger partial charge is 0.299 e. The summed E-state index contributed by atoms with van der Waals surface area (Å²) >= 11 is 0. The standard InChI is InChI=1S/C14H23N3O5S2/c1-11(2)15-24(20,21)16-12-6-7-14(22-3)13(10-12)17-8-4-5-9-23(17,18)19/h6-7,10-11,15-16H,4-5,8-9H2,1-3H3. The van der Waals surface area contributed by atoms with E-state index in [1.165, 1.54) is 23.5 Å². The highest BCUT2D eigenvalue weighted by molar-refractivity contribution is 7.92. The maximum absolute atomic E-state index is 12.3. The fourth-order valence-corrected chi connectivity index (χ4v) is 5.26. The average Bonchev–Trinajstić information content (AvgIpc) is 2.44. The van der Waals surface area contributed by atoms with Crippen LogP contribution >= 0.6 is 0 Å². The molecular weight excluding hydrogens is 354 g/mol. The molecule has 24 heavy (non-hydrogen) atoms. The Morgan fingerprint density at radius 1 is 1.25 bits per heavy atom. The van der Waals surface area contributed by atoms with Crippen molar-refractivity contribution in [3.63, 3.8) is 0 Å². The van der Waals surface area contributed by atoms with Gasteiger partial charge in [0.25, 0.3) is 10.2 Å². The van der Waals surface area contributed by atoms with Crippen molar-refractivity contribution >= 4 is 31.6 Å². The third-order valence-corrected chi connectivity index (χ3v) is 6.58. The van der Waals surface area contributed by atoms with Crippen molar-refractivity contribution < 1.29 is 21.6 Å². The fraction of sp³-hybridized carbons (Fsp3) is 0.571. The molecule has 1 aliphatic heterocycles. The Morgan fingerprint density at radius 2 is 1.96 bits per heavy atom. The van der Waals surface area contributed by atoms with E-state index in [1.54, 1.807) is 19.9 Å². The van der Waals surface area contributed by atoms with Crippen molar-refractivity contribution in [1.82, 2.24) is 4.72 Å². The molecule has 1 heterocycles.